The molecular weight excluding hydrogens is 164 g/mol. The second-order valence-corrected chi connectivity index (χ2v) is 3.05. The van der Waals surface area contributed by atoms with Crippen molar-refractivity contribution >= 4 is 0 Å². The number of nitrogens with two attached hydrogens (primary N) is 1. The van der Waals surface area contributed by atoms with Crippen LogP contribution in [0, 0.1) is 6.92 Å². The number of rotatable bonds is 3. The summed E-state index contributed by atoms with van der Waals surface area (Å²) in [5.74, 6) is 0.671. The summed E-state index contributed by atoms with van der Waals surface area (Å²) in [5.41, 5.74) is 7.78. The van der Waals surface area contributed by atoms with E-state index in [2.05, 4.69) is 4.98 Å². The quantitative estimate of drug-likeness (QED) is 0.771. The molecule has 1 rings (SSSR count). The van der Waals surface area contributed by atoms with E-state index < -0.39 is 0 Å². The number of ether oxygens (including phenoxy) is 1. The van der Waals surface area contributed by atoms with Crippen molar-refractivity contribution in [2.45, 2.75) is 26.8 Å². The Morgan fingerprint density at radius 3 is 2.69 bits per heavy atom. The first kappa shape index (κ1) is 9.99. The maximum atomic E-state index is 5.76. The second kappa shape index (κ2) is 4.23. The van der Waals surface area contributed by atoms with E-state index in [0.717, 1.165) is 11.3 Å². The third kappa shape index (κ3) is 2.42. The molecule has 1 atom stereocenters. The first-order valence-corrected chi connectivity index (χ1v) is 4.51. The molecule has 0 aliphatic rings. The van der Waals surface area contributed by atoms with Crippen LogP contribution in [0.3, 0.4) is 0 Å². The van der Waals surface area contributed by atoms with Crippen LogP contribution in [0.4, 0.5) is 0 Å². The molecule has 0 fully saturated rings. The third-order valence-electron chi connectivity index (χ3n) is 1.88. The van der Waals surface area contributed by atoms with Crippen LogP contribution in [0.25, 0.3) is 0 Å². The number of nitrogens with zero attached hydrogens (tertiary/aromatic N) is 1. The van der Waals surface area contributed by atoms with Gasteiger partial charge in [-0.2, -0.15) is 0 Å². The van der Waals surface area contributed by atoms with Crippen LogP contribution in [0.2, 0.25) is 0 Å². The van der Waals surface area contributed by atoms with Gasteiger partial charge in [-0.05, 0) is 26.3 Å². The van der Waals surface area contributed by atoms with E-state index in [1.54, 1.807) is 0 Å². The summed E-state index contributed by atoms with van der Waals surface area (Å²) in [7, 11) is 0. The summed E-state index contributed by atoms with van der Waals surface area (Å²) in [5, 5.41) is 0. The van der Waals surface area contributed by atoms with Crippen LogP contribution in [0.1, 0.15) is 31.1 Å². The smallest absolute Gasteiger partial charge is 0.213 e. The Labute approximate surface area is 78.9 Å². The summed E-state index contributed by atoms with van der Waals surface area (Å²) >= 11 is 0. The number of hydrogen-bond acceptors (Lipinski definition) is 3. The summed E-state index contributed by atoms with van der Waals surface area (Å²) in [6.07, 6.45) is 0. The van der Waals surface area contributed by atoms with Gasteiger partial charge in [0.2, 0.25) is 5.88 Å². The van der Waals surface area contributed by atoms with Crippen molar-refractivity contribution in [3.63, 3.8) is 0 Å². The summed E-state index contributed by atoms with van der Waals surface area (Å²) < 4.78 is 5.27. The van der Waals surface area contributed by atoms with Crippen molar-refractivity contribution in [2.75, 3.05) is 6.61 Å². The van der Waals surface area contributed by atoms with Gasteiger partial charge in [-0.3, -0.25) is 0 Å². The molecule has 3 heteroatoms. The van der Waals surface area contributed by atoms with Gasteiger partial charge in [-0.1, -0.05) is 6.07 Å². The molecule has 0 radical (unpaired) electrons. The lowest BCUT2D eigenvalue weighted by Gasteiger charge is -2.10. The van der Waals surface area contributed by atoms with Crippen LogP contribution in [0.5, 0.6) is 5.88 Å². The standard InChI is InChI=1S/C10H16N2O/c1-4-13-10-6-5-9(7(2)11)8(3)12-10/h5-7H,4,11H2,1-3H3. The average Bonchev–Trinajstić information content (AvgIpc) is 2.04. The highest BCUT2D eigenvalue weighted by atomic mass is 16.5. The molecule has 13 heavy (non-hydrogen) atoms. The number of hydrogen-bond donors (Lipinski definition) is 1. The van der Waals surface area contributed by atoms with Gasteiger partial charge < -0.3 is 10.5 Å². The first-order valence-electron chi connectivity index (χ1n) is 4.51. The SMILES string of the molecule is CCOc1ccc(C(C)N)c(C)n1. The minimum absolute atomic E-state index is 0.0307. The molecular formula is C10H16N2O. The van der Waals surface area contributed by atoms with Crippen LogP contribution >= 0.6 is 0 Å². The van der Waals surface area contributed by atoms with Gasteiger partial charge in [0.15, 0.2) is 0 Å². The molecule has 0 bridgehead atoms. The zero-order valence-electron chi connectivity index (χ0n) is 8.37. The molecule has 0 amide bonds. The van der Waals surface area contributed by atoms with E-state index in [4.69, 9.17) is 10.5 Å². The summed E-state index contributed by atoms with van der Waals surface area (Å²) in [6.45, 7) is 6.48. The first-order chi connectivity index (χ1) is 6.15. The topological polar surface area (TPSA) is 48.1 Å². The molecule has 3 nitrogen and oxygen atoms in total. The highest BCUT2D eigenvalue weighted by molar-refractivity contribution is 5.27. The highest BCUT2D eigenvalue weighted by Crippen LogP contribution is 2.17. The molecule has 0 aliphatic carbocycles. The van der Waals surface area contributed by atoms with Crippen molar-refractivity contribution in [1.29, 1.82) is 0 Å². The van der Waals surface area contributed by atoms with Gasteiger partial charge in [0.1, 0.15) is 0 Å². The second-order valence-electron chi connectivity index (χ2n) is 3.05. The molecule has 72 valence electrons. The monoisotopic (exact) mass is 180 g/mol. The minimum atomic E-state index is 0.0307. The normalized spacial score (nSPS) is 12.6. The zero-order valence-corrected chi connectivity index (χ0v) is 8.37. The Kier molecular flexibility index (Phi) is 3.25. The fourth-order valence-electron chi connectivity index (χ4n) is 1.26. The van der Waals surface area contributed by atoms with E-state index in [9.17, 15) is 0 Å². The van der Waals surface area contributed by atoms with Gasteiger partial charge in [0, 0.05) is 17.8 Å². The van der Waals surface area contributed by atoms with E-state index in [0.29, 0.717) is 12.5 Å². The number of aryl methyl sites for hydroxylation is 1. The highest BCUT2D eigenvalue weighted by Gasteiger charge is 2.05. The lowest BCUT2D eigenvalue weighted by atomic mass is 10.1. The van der Waals surface area contributed by atoms with Crippen molar-refractivity contribution in [1.82, 2.24) is 4.98 Å². The van der Waals surface area contributed by atoms with Gasteiger partial charge in [0.05, 0.1) is 6.61 Å². The third-order valence-corrected chi connectivity index (χ3v) is 1.88. The molecule has 1 aromatic heterocycles. The molecule has 1 aromatic rings. The fraction of sp³-hybridized carbons (Fsp3) is 0.500. The number of pyridine rings is 1. The fourth-order valence-corrected chi connectivity index (χ4v) is 1.26. The van der Waals surface area contributed by atoms with Gasteiger partial charge >= 0.3 is 0 Å². The predicted molar refractivity (Wildman–Crippen MR) is 52.7 cm³/mol. The Hall–Kier alpha value is -1.09. The largest absolute Gasteiger partial charge is 0.478 e. The Balaban J connectivity index is 2.92. The van der Waals surface area contributed by atoms with Crippen LogP contribution < -0.4 is 10.5 Å². The molecule has 0 aliphatic heterocycles. The predicted octanol–water partition coefficient (Wildman–Crippen LogP) is 1.81. The van der Waals surface area contributed by atoms with Crippen molar-refractivity contribution in [3.8, 4) is 5.88 Å². The van der Waals surface area contributed by atoms with Crippen molar-refractivity contribution in [2.24, 2.45) is 5.73 Å². The molecule has 0 spiro atoms. The van der Waals surface area contributed by atoms with Crippen LogP contribution in [-0.2, 0) is 0 Å². The molecule has 0 saturated heterocycles. The van der Waals surface area contributed by atoms with E-state index >= 15 is 0 Å². The Morgan fingerprint density at radius 1 is 1.54 bits per heavy atom. The lowest BCUT2D eigenvalue weighted by molar-refractivity contribution is 0.326. The maximum Gasteiger partial charge on any atom is 0.213 e. The maximum absolute atomic E-state index is 5.76. The Bertz CT molecular complexity index is 284. The molecule has 0 aromatic carbocycles. The van der Waals surface area contributed by atoms with Gasteiger partial charge in [0.25, 0.3) is 0 Å². The van der Waals surface area contributed by atoms with Gasteiger partial charge in [-0.25, -0.2) is 4.98 Å². The van der Waals surface area contributed by atoms with Crippen molar-refractivity contribution < 1.29 is 4.74 Å². The molecule has 1 unspecified atom stereocenters. The van der Waals surface area contributed by atoms with Crippen LogP contribution in [0.15, 0.2) is 12.1 Å². The zero-order chi connectivity index (χ0) is 9.84. The molecule has 1 heterocycles. The van der Waals surface area contributed by atoms with Crippen LogP contribution in [-0.4, -0.2) is 11.6 Å². The summed E-state index contributed by atoms with van der Waals surface area (Å²) in [4.78, 5) is 4.28. The van der Waals surface area contributed by atoms with E-state index in [-0.39, 0.29) is 6.04 Å². The van der Waals surface area contributed by atoms with E-state index in [1.165, 1.54) is 0 Å². The summed E-state index contributed by atoms with van der Waals surface area (Å²) in [6, 6.07) is 3.86. The molecule has 0 saturated carbocycles. The average molecular weight is 180 g/mol. The Morgan fingerprint density at radius 2 is 2.23 bits per heavy atom. The van der Waals surface area contributed by atoms with E-state index in [1.807, 2.05) is 32.9 Å². The lowest BCUT2D eigenvalue weighted by Crippen LogP contribution is -2.08. The minimum Gasteiger partial charge on any atom is -0.478 e. The number of aromatic nitrogens is 1. The van der Waals surface area contributed by atoms with Gasteiger partial charge in [-0.15, -0.1) is 0 Å². The van der Waals surface area contributed by atoms with Crippen molar-refractivity contribution in [3.05, 3.63) is 23.4 Å². The molecule has 2 N–H and O–H groups in total.